The third-order valence-corrected chi connectivity index (χ3v) is 3.85. The molecule has 6 nitrogen and oxygen atoms in total. The zero-order chi connectivity index (χ0) is 20.7. The Kier molecular flexibility index (Phi) is 9.47. The van der Waals surface area contributed by atoms with Crippen LogP contribution in [0, 0.1) is 6.92 Å². The van der Waals surface area contributed by atoms with Gasteiger partial charge < -0.3 is 19.8 Å². The second-order valence-electron chi connectivity index (χ2n) is 5.92. The maximum Gasteiger partial charge on any atom is 0.416 e. The molecule has 1 heterocycles. The highest BCUT2D eigenvalue weighted by Crippen LogP contribution is 2.29. The van der Waals surface area contributed by atoms with Gasteiger partial charge in [-0.2, -0.15) is 13.2 Å². The van der Waals surface area contributed by atoms with E-state index in [4.69, 9.17) is 4.42 Å². The molecule has 0 saturated heterocycles. The van der Waals surface area contributed by atoms with Crippen molar-refractivity contribution in [2.45, 2.75) is 33.1 Å². The van der Waals surface area contributed by atoms with Crippen LogP contribution in [0.3, 0.4) is 0 Å². The van der Waals surface area contributed by atoms with E-state index in [-0.39, 0.29) is 37.1 Å². The molecule has 0 aliphatic carbocycles. The van der Waals surface area contributed by atoms with Gasteiger partial charge in [-0.15, -0.1) is 24.0 Å². The molecule has 2 rings (SSSR count). The Morgan fingerprint density at radius 2 is 1.86 bits per heavy atom. The molecule has 2 aromatic rings. The number of esters is 1. The van der Waals surface area contributed by atoms with Crippen molar-refractivity contribution in [3.63, 3.8) is 0 Å². The molecule has 0 bridgehead atoms. The van der Waals surface area contributed by atoms with Crippen molar-refractivity contribution in [2.75, 3.05) is 13.7 Å². The van der Waals surface area contributed by atoms with Gasteiger partial charge in [-0.1, -0.05) is 12.1 Å². The third-order valence-electron chi connectivity index (χ3n) is 3.85. The molecular weight excluding hydrogens is 502 g/mol. The van der Waals surface area contributed by atoms with Crippen molar-refractivity contribution in [1.29, 1.82) is 0 Å². The molecule has 0 aliphatic rings. The fourth-order valence-corrected chi connectivity index (χ4v) is 2.43. The van der Waals surface area contributed by atoms with Gasteiger partial charge >= 0.3 is 12.1 Å². The maximum atomic E-state index is 12.6. The van der Waals surface area contributed by atoms with E-state index < -0.39 is 17.7 Å². The highest BCUT2D eigenvalue weighted by Gasteiger charge is 2.29. The Balaban J connectivity index is 0.00000420. The van der Waals surface area contributed by atoms with Gasteiger partial charge in [-0.05, 0) is 37.6 Å². The van der Waals surface area contributed by atoms with Crippen LogP contribution in [0.15, 0.2) is 39.7 Å². The van der Waals surface area contributed by atoms with E-state index in [0.717, 1.165) is 12.1 Å². The van der Waals surface area contributed by atoms with Crippen LogP contribution in [0.2, 0.25) is 0 Å². The lowest BCUT2D eigenvalue weighted by Crippen LogP contribution is -2.36. The van der Waals surface area contributed by atoms with Crippen LogP contribution in [0.25, 0.3) is 0 Å². The van der Waals surface area contributed by atoms with Crippen molar-refractivity contribution >= 4 is 35.9 Å². The van der Waals surface area contributed by atoms with Crippen molar-refractivity contribution in [1.82, 2.24) is 10.6 Å². The summed E-state index contributed by atoms with van der Waals surface area (Å²) in [6, 6.07) is 6.45. The van der Waals surface area contributed by atoms with Crippen LogP contribution >= 0.6 is 24.0 Å². The first-order valence-electron chi connectivity index (χ1n) is 8.60. The predicted molar refractivity (Wildman–Crippen MR) is 113 cm³/mol. The van der Waals surface area contributed by atoms with Crippen LogP contribution in [-0.4, -0.2) is 25.6 Å². The second kappa shape index (κ2) is 11.1. The number of guanidine groups is 1. The smallest absolute Gasteiger partial charge is 0.416 e. The first-order valence-corrected chi connectivity index (χ1v) is 8.60. The van der Waals surface area contributed by atoms with Gasteiger partial charge in [0.25, 0.3) is 0 Å². The summed E-state index contributed by atoms with van der Waals surface area (Å²) in [4.78, 5) is 16.0. The summed E-state index contributed by atoms with van der Waals surface area (Å²) < 4.78 is 48.0. The number of methoxy groups -OCH3 is 1. The quantitative estimate of drug-likeness (QED) is 0.255. The molecule has 0 spiro atoms. The predicted octanol–water partition coefficient (Wildman–Crippen LogP) is 4.27. The van der Waals surface area contributed by atoms with E-state index in [9.17, 15) is 18.0 Å². The van der Waals surface area contributed by atoms with Crippen LogP contribution in [0.5, 0.6) is 0 Å². The topological polar surface area (TPSA) is 75.9 Å². The molecule has 0 amide bonds. The van der Waals surface area contributed by atoms with Crippen molar-refractivity contribution < 1.29 is 27.1 Å². The Morgan fingerprint density at radius 3 is 2.41 bits per heavy atom. The largest absolute Gasteiger partial charge is 0.465 e. The average Bonchev–Trinajstić information content (AvgIpc) is 3.03. The molecule has 1 aromatic carbocycles. The number of aliphatic imine (C=N–C) groups is 1. The number of rotatable bonds is 6. The van der Waals surface area contributed by atoms with E-state index in [0.29, 0.717) is 35.2 Å². The Bertz CT molecular complexity index is 833. The zero-order valence-electron chi connectivity index (χ0n) is 16.2. The number of carbonyl (C=O) groups is 1. The summed E-state index contributed by atoms with van der Waals surface area (Å²) in [5.74, 6) is 0.972. The highest BCUT2D eigenvalue weighted by molar-refractivity contribution is 14.0. The van der Waals surface area contributed by atoms with Gasteiger partial charge in [0.1, 0.15) is 17.1 Å². The van der Waals surface area contributed by atoms with Gasteiger partial charge in [0.2, 0.25) is 0 Å². The van der Waals surface area contributed by atoms with Crippen molar-refractivity contribution in [3.8, 4) is 0 Å². The SMILES string of the molecule is CCNC(=NCc1ccc(C(F)(F)F)cc1)NCc1cc(C(=O)OC)c(C)o1.I. The molecule has 1 aromatic heterocycles. The van der Waals surface area contributed by atoms with Gasteiger partial charge in [0.15, 0.2) is 5.96 Å². The lowest BCUT2D eigenvalue weighted by molar-refractivity contribution is -0.137. The van der Waals surface area contributed by atoms with Gasteiger partial charge in [-0.25, -0.2) is 9.79 Å². The van der Waals surface area contributed by atoms with Crippen LogP contribution in [0.4, 0.5) is 13.2 Å². The lowest BCUT2D eigenvalue weighted by Gasteiger charge is -2.10. The van der Waals surface area contributed by atoms with Crippen LogP contribution in [-0.2, 0) is 24.0 Å². The van der Waals surface area contributed by atoms with E-state index in [2.05, 4.69) is 20.4 Å². The molecule has 10 heteroatoms. The number of carbonyl (C=O) groups excluding carboxylic acids is 1. The van der Waals surface area contributed by atoms with Gasteiger partial charge in [0, 0.05) is 6.54 Å². The molecular formula is C19H23F3IN3O3. The Hall–Kier alpha value is -2.24. The summed E-state index contributed by atoms with van der Waals surface area (Å²) >= 11 is 0. The van der Waals surface area contributed by atoms with Crippen LogP contribution in [0.1, 0.15) is 39.9 Å². The first kappa shape index (κ1) is 24.8. The van der Waals surface area contributed by atoms with E-state index >= 15 is 0 Å². The Labute approximate surface area is 183 Å². The summed E-state index contributed by atoms with van der Waals surface area (Å²) in [6.07, 6.45) is -4.36. The lowest BCUT2D eigenvalue weighted by atomic mass is 10.1. The first-order chi connectivity index (χ1) is 13.2. The number of furan rings is 1. The molecule has 29 heavy (non-hydrogen) atoms. The third kappa shape index (κ3) is 7.26. The van der Waals surface area contributed by atoms with E-state index in [1.54, 1.807) is 13.0 Å². The van der Waals surface area contributed by atoms with Crippen molar-refractivity contribution in [3.05, 3.63) is 58.5 Å². The molecule has 0 unspecified atom stereocenters. The molecule has 0 aliphatic heterocycles. The summed E-state index contributed by atoms with van der Waals surface area (Å²) in [5.41, 5.74) is 0.304. The number of alkyl halides is 3. The number of nitrogens with zero attached hydrogens (tertiary/aromatic N) is 1. The minimum Gasteiger partial charge on any atom is -0.465 e. The fourth-order valence-electron chi connectivity index (χ4n) is 2.43. The summed E-state index contributed by atoms with van der Waals surface area (Å²) in [7, 11) is 1.30. The van der Waals surface area contributed by atoms with Gasteiger partial charge in [0.05, 0.1) is 25.8 Å². The summed E-state index contributed by atoms with van der Waals surface area (Å²) in [5, 5.41) is 6.09. The van der Waals surface area contributed by atoms with Crippen molar-refractivity contribution in [2.24, 2.45) is 4.99 Å². The number of aryl methyl sites for hydroxylation is 1. The maximum absolute atomic E-state index is 12.6. The number of ether oxygens (including phenoxy) is 1. The minimum absolute atomic E-state index is 0. The number of hydrogen-bond acceptors (Lipinski definition) is 4. The van der Waals surface area contributed by atoms with E-state index in [1.807, 2.05) is 6.92 Å². The molecule has 0 saturated carbocycles. The Morgan fingerprint density at radius 1 is 1.21 bits per heavy atom. The molecule has 2 N–H and O–H groups in total. The number of nitrogens with one attached hydrogen (secondary N) is 2. The number of hydrogen-bond donors (Lipinski definition) is 2. The van der Waals surface area contributed by atoms with Crippen LogP contribution < -0.4 is 10.6 Å². The molecule has 0 atom stereocenters. The molecule has 0 radical (unpaired) electrons. The molecule has 0 fully saturated rings. The van der Waals surface area contributed by atoms with Gasteiger partial charge in [-0.3, -0.25) is 0 Å². The zero-order valence-corrected chi connectivity index (χ0v) is 18.6. The number of benzene rings is 1. The normalized spacial score (nSPS) is 11.6. The average molecular weight is 525 g/mol. The second-order valence-corrected chi connectivity index (χ2v) is 5.92. The molecule has 160 valence electrons. The fraction of sp³-hybridized carbons (Fsp3) is 0.368. The van der Waals surface area contributed by atoms with E-state index in [1.165, 1.54) is 19.2 Å². The standard InChI is InChI=1S/C19H22F3N3O3.HI/c1-4-23-18(24-10-13-5-7-14(8-6-13)19(20,21)22)25-11-15-9-16(12(2)28-15)17(26)27-3;/h5-9H,4,10-11H2,1-3H3,(H2,23,24,25);1H. The monoisotopic (exact) mass is 525 g/mol. The number of halogens is 4. The minimum atomic E-state index is -4.36. The highest BCUT2D eigenvalue weighted by atomic mass is 127. The summed E-state index contributed by atoms with van der Waals surface area (Å²) in [6.45, 7) is 4.64.